The van der Waals surface area contributed by atoms with E-state index in [4.69, 9.17) is 0 Å². The highest BCUT2D eigenvalue weighted by Crippen LogP contribution is 2.27. The number of hydrogen-bond donors (Lipinski definition) is 1. The number of hydrogen-bond acceptors (Lipinski definition) is 4. The van der Waals surface area contributed by atoms with Crippen LogP contribution in [0, 0.1) is 0 Å². The summed E-state index contributed by atoms with van der Waals surface area (Å²) in [6.07, 6.45) is 1.01. The van der Waals surface area contributed by atoms with Gasteiger partial charge in [-0.3, -0.25) is 14.5 Å². The highest BCUT2D eigenvalue weighted by atomic mass is 32.1. The lowest BCUT2D eigenvalue weighted by atomic mass is 10.0. The monoisotopic (exact) mass is 390 g/mol. The predicted molar refractivity (Wildman–Crippen MR) is 112 cm³/mol. The smallest absolute Gasteiger partial charge is 0.261 e. The van der Waals surface area contributed by atoms with Crippen LogP contribution in [0.2, 0.25) is 0 Å². The van der Waals surface area contributed by atoms with Gasteiger partial charge in [0.15, 0.2) is 0 Å². The third-order valence-electron chi connectivity index (χ3n) is 5.11. The maximum absolute atomic E-state index is 12.5. The molecule has 0 bridgehead atoms. The van der Waals surface area contributed by atoms with Gasteiger partial charge < -0.3 is 5.32 Å². The van der Waals surface area contributed by atoms with Crippen LogP contribution in [0.15, 0.2) is 66.0 Å². The van der Waals surface area contributed by atoms with Crippen LogP contribution in [0.25, 0.3) is 0 Å². The van der Waals surface area contributed by atoms with E-state index in [-0.39, 0.29) is 17.9 Å². The molecule has 1 aromatic heterocycles. The minimum absolute atomic E-state index is 0.0427. The number of nitrogens with zero attached hydrogens (tertiary/aromatic N) is 1. The summed E-state index contributed by atoms with van der Waals surface area (Å²) < 4.78 is 0. The Kier molecular flexibility index (Phi) is 5.37. The van der Waals surface area contributed by atoms with Gasteiger partial charge in [-0.15, -0.1) is 11.3 Å². The Morgan fingerprint density at radius 3 is 2.18 bits per heavy atom. The van der Waals surface area contributed by atoms with Crippen molar-refractivity contribution in [1.29, 1.82) is 0 Å². The molecule has 2 aromatic carbocycles. The number of imide groups is 1. The molecular formula is C23H22N2O2S. The van der Waals surface area contributed by atoms with E-state index in [0.29, 0.717) is 24.2 Å². The lowest BCUT2D eigenvalue weighted by Crippen LogP contribution is -2.37. The van der Waals surface area contributed by atoms with Crippen molar-refractivity contribution in [2.45, 2.75) is 19.4 Å². The minimum atomic E-state index is -0.206. The first-order chi connectivity index (χ1) is 13.7. The zero-order valence-corrected chi connectivity index (χ0v) is 16.5. The molecule has 3 aromatic rings. The van der Waals surface area contributed by atoms with E-state index < -0.39 is 0 Å². The molecule has 1 aliphatic heterocycles. The molecule has 0 saturated heterocycles. The second-order valence-corrected chi connectivity index (χ2v) is 7.78. The van der Waals surface area contributed by atoms with Gasteiger partial charge in [0.1, 0.15) is 0 Å². The molecule has 0 spiro atoms. The Bertz CT molecular complexity index is 945. The standard InChI is InChI=1S/C23H22N2O2S/c1-2-16-9-11-17(12-10-16)21(20-8-5-15-28-20)24-13-14-25-22(26)18-6-3-4-7-19(18)23(25)27/h3-12,15,21,24H,2,13-14H2,1H3/t21-/m1/s1. The zero-order chi connectivity index (χ0) is 19.5. The molecular weight excluding hydrogens is 368 g/mol. The summed E-state index contributed by atoms with van der Waals surface area (Å²) in [4.78, 5) is 27.6. The lowest BCUT2D eigenvalue weighted by Gasteiger charge is -2.21. The molecule has 0 aliphatic carbocycles. The highest BCUT2D eigenvalue weighted by molar-refractivity contribution is 7.10. The maximum Gasteiger partial charge on any atom is 0.261 e. The van der Waals surface area contributed by atoms with Crippen molar-refractivity contribution in [2.24, 2.45) is 0 Å². The van der Waals surface area contributed by atoms with Crippen LogP contribution in [0.4, 0.5) is 0 Å². The van der Waals surface area contributed by atoms with Gasteiger partial charge in [0, 0.05) is 18.0 Å². The fourth-order valence-corrected chi connectivity index (χ4v) is 4.37. The number of carbonyl (C=O) groups excluding carboxylic acids is 2. The van der Waals surface area contributed by atoms with Crippen molar-refractivity contribution in [3.8, 4) is 0 Å². The van der Waals surface area contributed by atoms with E-state index in [2.05, 4.69) is 48.0 Å². The SMILES string of the molecule is CCc1ccc([C@@H](NCCN2C(=O)c3ccccc3C2=O)c2cccs2)cc1. The molecule has 2 amide bonds. The summed E-state index contributed by atoms with van der Waals surface area (Å²) >= 11 is 1.70. The molecule has 1 N–H and O–H groups in total. The van der Waals surface area contributed by atoms with Crippen LogP contribution in [0.5, 0.6) is 0 Å². The Morgan fingerprint density at radius 2 is 1.61 bits per heavy atom. The molecule has 142 valence electrons. The minimum Gasteiger partial charge on any atom is -0.304 e. The first-order valence-corrected chi connectivity index (χ1v) is 10.4. The number of nitrogens with one attached hydrogen (secondary N) is 1. The number of amides is 2. The van der Waals surface area contributed by atoms with Crippen LogP contribution < -0.4 is 5.32 Å². The largest absolute Gasteiger partial charge is 0.304 e. The van der Waals surface area contributed by atoms with Gasteiger partial charge in [-0.2, -0.15) is 0 Å². The van der Waals surface area contributed by atoms with Crippen LogP contribution in [0.3, 0.4) is 0 Å². The molecule has 5 heteroatoms. The van der Waals surface area contributed by atoms with E-state index in [1.54, 1.807) is 35.6 Å². The van der Waals surface area contributed by atoms with E-state index in [0.717, 1.165) is 6.42 Å². The van der Waals surface area contributed by atoms with E-state index in [1.165, 1.54) is 20.9 Å². The molecule has 4 nitrogen and oxygen atoms in total. The van der Waals surface area contributed by atoms with Crippen LogP contribution in [-0.4, -0.2) is 29.8 Å². The maximum atomic E-state index is 12.5. The summed E-state index contributed by atoms with van der Waals surface area (Å²) in [5, 5.41) is 5.60. The van der Waals surface area contributed by atoms with Gasteiger partial charge in [0.05, 0.1) is 17.2 Å². The summed E-state index contributed by atoms with van der Waals surface area (Å²) in [5.41, 5.74) is 3.48. The molecule has 4 rings (SSSR count). The van der Waals surface area contributed by atoms with Gasteiger partial charge in [0.2, 0.25) is 0 Å². The first kappa shape index (κ1) is 18.6. The summed E-state index contributed by atoms with van der Waals surface area (Å²) in [7, 11) is 0. The van der Waals surface area contributed by atoms with Gasteiger partial charge in [-0.1, -0.05) is 49.4 Å². The van der Waals surface area contributed by atoms with Crippen molar-refractivity contribution in [2.75, 3.05) is 13.1 Å². The number of thiophene rings is 1. The molecule has 1 aliphatic rings. The summed E-state index contributed by atoms with van der Waals surface area (Å²) in [6, 6.07) is 19.8. The van der Waals surface area contributed by atoms with E-state index in [1.807, 2.05) is 6.07 Å². The Balaban J connectivity index is 1.47. The number of rotatable bonds is 7. The average molecular weight is 391 g/mol. The van der Waals surface area contributed by atoms with Crippen molar-refractivity contribution in [1.82, 2.24) is 10.2 Å². The Morgan fingerprint density at radius 1 is 0.929 bits per heavy atom. The Labute approximate surface area is 168 Å². The second kappa shape index (κ2) is 8.09. The van der Waals surface area contributed by atoms with Crippen LogP contribution in [0.1, 0.15) is 49.7 Å². The molecule has 0 fully saturated rings. The van der Waals surface area contributed by atoms with Crippen LogP contribution in [-0.2, 0) is 6.42 Å². The Hall–Kier alpha value is -2.76. The summed E-state index contributed by atoms with van der Waals surface area (Å²) in [6.45, 7) is 3.02. The average Bonchev–Trinajstić information content (AvgIpc) is 3.35. The van der Waals surface area contributed by atoms with Crippen molar-refractivity contribution < 1.29 is 9.59 Å². The van der Waals surface area contributed by atoms with E-state index >= 15 is 0 Å². The number of fused-ring (bicyclic) bond motifs is 1. The quantitative estimate of drug-likeness (QED) is 0.613. The first-order valence-electron chi connectivity index (χ1n) is 9.50. The molecule has 2 heterocycles. The van der Waals surface area contributed by atoms with Gasteiger partial charge in [0.25, 0.3) is 11.8 Å². The van der Waals surface area contributed by atoms with Gasteiger partial charge in [-0.05, 0) is 41.1 Å². The normalized spacial score (nSPS) is 14.4. The van der Waals surface area contributed by atoms with Crippen molar-refractivity contribution >= 4 is 23.2 Å². The number of benzene rings is 2. The molecule has 0 saturated carbocycles. The van der Waals surface area contributed by atoms with Crippen LogP contribution >= 0.6 is 11.3 Å². The second-order valence-electron chi connectivity index (χ2n) is 6.81. The van der Waals surface area contributed by atoms with Gasteiger partial charge >= 0.3 is 0 Å². The summed E-state index contributed by atoms with van der Waals surface area (Å²) in [5.74, 6) is -0.412. The third-order valence-corrected chi connectivity index (χ3v) is 6.05. The van der Waals surface area contributed by atoms with E-state index in [9.17, 15) is 9.59 Å². The topological polar surface area (TPSA) is 49.4 Å². The molecule has 1 atom stereocenters. The molecule has 0 unspecified atom stereocenters. The predicted octanol–water partition coefficient (Wildman–Crippen LogP) is 4.29. The molecule has 28 heavy (non-hydrogen) atoms. The fraction of sp³-hybridized carbons (Fsp3) is 0.217. The van der Waals surface area contributed by atoms with Gasteiger partial charge in [-0.25, -0.2) is 0 Å². The van der Waals surface area contributed by atoms with Crippen molar-refractivity contribution in [3.05, 3.63) is 93.2 Å². The van der Waals surface area contributed by atoms with Crippen molar-refractivity contribution in [3.63, 3.8) is 0 Å². The lowest BCUT2D eigenvalue weighted by molar-refractivity contribution is 0.0655. The number of carbonyl (C=O) groups is 2. The third kappa shape index (κ3) is 3.51. The molecule has 0 radical (unpaired) electrons. The fourth-order valence-electron chi connectivity index (χ4n) is 3.55. The highest BCUT2D eigenvalue weighted by Gasteiger charge is 2.34. The zero-order valence-electron chi connectivity index (χ0n) is 15.7. The number of aryl methyl sites for hydroxylation is 1.